The first-order chi connectivity index (χ1) is 13.0. The highest BCUT2D eigenvalue weighted by Gasteiger charge is 2.42. The first kappa shape index (κ1) is 18.3. The Hall–Kier alpha value is -2.12. The summed E-state index contributed by atoms with van der Waals surface area (Å²) in [6.45, 7) is 3.60. The molecule has 1 N–H and O–H groups in total. The Balaban J connectivity index is 1.48. The topological polar surface area (TPSA) is 74.8 Å². The molecular formula is C20H25N3O3S. The molecule has 2 fully saturated rings. The number of H-pyrrole nitrogens is 1. The lowest BCUT2D eigenvalue weighted by molar-refractivity contribution is -0.104. The number of carbonyl (C=O) groups excluding carboxylic acids is 1. The zero-order valence-corrected chi connectivity index (χ0v) is 16.3. The summed E-state index contributed by atoms with van der Waals surface area (Å²) in [7, 11) is -2.27. The van der Waals surface area contributed by atoms with Crippen LogP contribution >= 0.6 is 0 Å². The number of ether oxygens (including phenoxy) is 1. The van der Waals surface area contributed by atoms with Gasteiger partial charge in [-0.05, 0) is 37.5 Å². The lowest BCUT2D eigenvalue weighted by Crippen LogP contribution is -2.56. The zero-order valence-electron chi connectivity index (χ0n) is 15.5. The van der Waals surface area contributed by atoms with Crippen molar-refractivity contribution in [1.29, 1.82) is 0 Å². The predicted octanol–water partition coefficient (Wildman–Crippen LogP) is 3.13. The lowest BCUT2D eigenvalue weighted by Gasteiger charge is -2.45. The van der Waals surface area contributed by atoms with E-state index in [1.807, 2.05) is 48.4 Å². The first-order valence-corrected chi connectivity index (χ1v) is 11.2. The molecule has 2 aliphatic rings. The second kappa shape index (κ2) is 7.13. The summed E-state index contributed by atoms with van der Waals surface area (Å²) in [5.74, 6) is 1.05. The van der Waals surface area contributed by atoms with Gasteiger partial charge in [0.2, 0.25) is 0 Å². The Bertz CT molecular complexity index is 930. The van der Waals surface area contributed by atoms with Crippen molar-refractivity contribution in [2.24, 2.45) is 4.36 Å². The Morgan fingerprint density at radius 2 is 1.96 bits per heavy atom. The Morgan fingerprint density at radius 1 is 1.22 bits per heavy atom. The van der Waals surface area contributed by atoms with Crippen LogP contribution in [0.2, 0.25) is 0 Å². The number of rotatable bonds is 2. The van der Waals surface area contributed by atoms with Crippen LogP contribution in [0.3, 0.4) is 0 Å². The van der Waals surface area contributed by atoms with Gasteiger partial charge in [-0.25, -0.2) is 4.21 Å². The Morgan fingerprint density at radius 3 is 2.63 bits per heavy atom. The van der Waals surface area contributed by atoms with E-state index in [9.17, 15) is 9.00 Å². The van der Waals surface area contributed by atoms with Crippen LogP contribution in [0.15, 0.2) is 47.1 Å². The summed E-state index contributed by atoms with van der Waals surface area (Å²) in [5.41, 5.74) is 2.04. The molecule has 2 aromatic rings. The van der Waals surface area contributed by atoms with Crippen molar-refractivity contribution in [3.63, 3.8) is 0 Å². The zero-order chi connectivity index (χ0) is 18.9. The van der Waals surface area contributed by atoms with Crippen LogP contribution in [-0.2, 0) is 14.5 Å². The van der Waals surface area contributed by atoms with Crippen molar-refractivity contribution in [2.75, 3.05) is 31.2 Å². The molecule has 0 saturated carbocycles. The van der Waals surface area contributed by atoms with Gasteiger partial charge in [0.25, 0.3) is 5.91 Å². The molecule has 0 radical (unpaired) electrons. The average Bonchev–Trinajstić information content (AvgIpc) is 3.11. The number of aromatic amines is 1. The predicted molar refractivity (Wildman–Crippen MR) is 106 cm³/mol. The largest absolute Gasteiger partial charge is 0.371 e. The van der Waals surface area contributed by atoms with Gasteiger partial charge in [0.15, 0.2) is 0 Å². The van der Waals surface area contributed by atoms with E-state index in [0.717, 1.165) is 11.3 Å². The summed E-state index contributed by atoms with van der Waals surface area (Å²) in [5, 5.41) is 0. The summed E-state index contributed by atoms with van der Waals surface area (Å²) in [4.78, 5) is 17.7. The molecule has 144 valence electrons. The molecule has 27 heavy (non-hydrogen) atoms. The molecule has 0 atom stereocenters. The van der Waals surface area contributed by atoms with Crippen LogP contribution in [0.1, 0.15) is 28.8 Å². The highest BCUT2D eigenvalue weighted by atomic mass is 32.2. The molecule has 0 aliphatic carbocycles. The van der Waals surface area contributed by atoms with Gasteiger partial charge in [0, 0.05) is 30.4 Å². The summed E-state index contributed by atoms with van der Waals surface area (Å²) in [6, 6.07) is 9.50. The molecule has 0 bridgehead atoms. The van der Waals surface area contributed by atoms with Crippen LogP contribution in [0, 0.1) is 6.92 Å². The summed E-state index contributed by atoms with van der Waals surface area (Å²) < 4.78 is 23.8. The Labute approximate surface area is 160 Å². The van der Waals surface area contributed by atoms with Crippen molar-refractivity contribution in [3.8, 4) is 0 Å². The molecule has 1 amide bonds. The van der Waals surface area contributed by atoms with E-state index in [1.165, 1.54) is 0 Å². The summed E-state index contributed by atoms with van der Waals surface area (Å²) >= 11 is 0. The highest BCUT2D eigenvalue weighted by molar-refractivity contribution is 7.93. The van der Waals surface area contributed by atoms with Gasteiger partial charge in [-0.1, -0.05) is 18.2 Å². The van der Waals surface area contributed by atoms with Gasteiger partial charge in [-0.3, -0.25) is 4.79 Å². The fourth-order valence-electron chi connectivity index (χ4n) is 3.85. The van der Waals surface area contributed by atoms with E-state index < -0.39 is 15.3 Å². The number of hydrogen-bond acceptors (Lipinski definition) is 4. The lowest BCUT2D eigenvalue weighted by atomic mass is 9.94. The van der Waals surface area contributed by atoms with Crippen LogP contribution < -0.4 is 0 Å². The minimum absolute atomic E-state index is 0.0386. The second-order valence-electron chi connectivity index (χ2n) is 7.42. The van der Waals surface area contributed by atoms with Crippen molar-refractivity contribution in [2.45, 2.75) is 25.4 Å². The monoisotopic (exact) mass is 387 g/mol. The molecule has 1 spiro atoms. The summed E-state index contributed by atoms with van der Waals surface area (Å²) in [6.07, 6.45) is 4.92. The number of aromatic nitrogens is 1. The van der Waals surface area contributed by atoms with Crippen molar-refractivity contribution >= 4 is 21.3 Å². The molecule has 2 saturated heterocycles. The number of carbonyl (C=O) groups is 1. The van der Waals surface area contributed by atoms with Crippen molar-refractivity contribution in [1.82, 2.24) is 9.88 Å². The first-order valence-electron chi connectivity index (χ1n) is 9.33. The maximum absolute atomic E-state index is 13.1. The van der Waals surface area contributed by atoms with E-state index in [4.69, 9.17) is 4.74 Å². The van der Waals surface area contributed by atoms with Gasteiger partial charge >= 0.3 is 0 Å². The number of amides is 1. The van der Waals surface area contributed by atoms with E-state index >= 15 is 0 Å². The van der Waals surface area contributed by atoms with E-state index in [0.29, 0.717) is 49.6 Å². The minimum Gasteiger partial charge on any atom is -0.371 e. The average molecular weight is 388 g/mol. The third-order valence-corrected chi connectivity index (χ3v) is 7.73. The number of morpholine rings is 1. The molecular weight excluding hydrogens is 362 g/mol. The minimum atomic E-state index is -2.27. The molecule has 6 nitrogen and oxygen atoms in total. The van der Waals surface area contributed by atoms with Gasteiger partial charge in [-0.2, -0.15) is 4.36 Å². The molecule has 1 aromatic carbocycles. The second-order valence-corrected chi connectivity index (χ2v) is 9.96. The van der Waals surface area contributed by atoms with Gasteiger partial charge < -0.3 is 14.6 Å². The van der Waals surface area contributed by atoms with Crippen molar-refractivity contribution in [3.05, 3.63) is 53.9 Å². The smallest absolute Gasteiger partial charge is 0.255 e. The van der Waals surface area contributed by atoms with Crippen LogP contribution in [0.5, 0.6) is 0 Å². The molecule has 2 aliphatic heterocycles. The molecule has 7 heteroatoms. The van der Waals surface area contributed by atoms with Gasteiger partial charge in [-0.15, -0.1) is 0 Å². The number of nitrogens with zero attached hydrogens (tertiary/aromatic N) is 2. The molecule has 1 aromatic heterocycles. The number of nitrogens with one attached hydrogen (secondary N) is 1. The van der Waals surface area contributed by atoms with Gasteiger partial charge in [0.05, 0.1) is 39.7 Å². The number of benzene rings is 1. The quantitative estimate of drug-likeness (QED) is 0.860. The fraction of sp³-hybridized carbons (Fsp3) is 0.450. The maximum Gasteiger partial charge on any atom is 0.255 e. The maximum atomic E-state index is 13.1. The van der Waals surface area contributed by atoms with E-state index in [1.54, 1.807) is 6.20 Å². The third kappa shape index (κ3) is 3.80. The molecule has 4 rings (SSSR count). The molecule has 3 heterocycles. The standard InChI is InChI=1S/C20H25N3O3S/c1-16-13-21-14-18(16)19(24)23-9-10-26-20(15-23)7-11-27(25,12-8-20)22-17-5-3-2-4-6-17/h2-6,13-14,21H,7-12,15H2,1H3. The highest BCUT2D eigenvalue weighted by Crippen LogP contribution is 2.33. The van der Waals surface area contributed by atoms with Gasteiger partial charge in [0.1, 0.15) is 0 Å². The Kier molecular flexibility index (Phi) is 4.82. The van der Waals surface area contributed by atoms with Crippen molar-refractivity contribution < 1.29 is 13.7 Å². The third-order valence-electron chi connectivity index (χ3n) is 5.50. The van der Waals surface area contributed by atoms with Crippen LogP contribution in [0.25, 0.3) is 0 Å². The number of hydrogen-bond donors (Lipinski definition) is 1. The van der Waals surface area contributed by atoms with Crippen LogP contribution in [0.4, 0.5) is 5.69 Å². The normalized spacial score (nSPS) is 28.3. The molecule has 0 unspecified atom stereocenters. The van der Waals surface area contributed by atoms with E-state index in [-0.39, 0.29) is 5.91 Å². The number of aryl methyl sites for hydroxylation is 1. The SMILES string of the molecule is Cc1c[nH]cc1C(=O)N1CCOC2(CCS(=O)(=Nc3ccccc3)CC2)C1. The van der Waals surface area contributed by atoms with E-state index in [2.05, 4.69) is 9.35 Å². The van der Waals surface area contributed by atoms with Crippen LogP contribution in [-0.4, -0.2) is 56.8 Å². The fourth-order valence-corrected chi connectivity index (χ4v) is 6.13.